The van der Waals surface area contributed by atoms with E-state index >= 15 is 0 Å². The monoisotopic (exact) mass is 293 g/mol. The summed E-state index contributed by atoms with van der Waals surface area (Å²) in [5.74, 6) is 2.01. The number of carbonyl (C=O) groups excluding carboxylic acids is 1. The number of hydrogen-bond donors (Lipinski definition) is 3. The Balaban J connectivity index is 2.56. The molecule has 0 saturated heterocycles. The molecule has 4 N–H and O–H groups in total. The minimum absolute atomic E-state index is 0.0466. The molecule has 1 aromatic rings. The molecule has 0 aliphatic heterocycles. The van der Waals surface area contributed by atoms with Gasteiger partial charge >= 0.3 is 0 Å². The molecule has 0 fully saturated rings. The molecule has 1 rings (SSSR count). The molecule has 1 amide bonds. The first kappa shape index (κ1) is 17.2. The van der Waals surface area contributed by atoms with Crippen molar-refractivity contribution in [2.45, 2.75) is 59.4 Å². The molecule has 0 saturated carbocycles. The standard InChI is InChI=1S/C15H27N5O/c1-5-7-12-19-14(16)11(4)15(20-12)17-9-8-13(21)18-10(3)6-2/h10H,5-9H2,1-4H3,(H,18,21)(H3,16,17,19,20). The van der Waals surface area contributed by atoms with Crippen LogP contribution in [0.4, 0.5) is 11.6 Å². The van der Waals surface area contributed by atoms with Crippen LogP contribution in [0.25, 0.3) is 0 Å². The maximum atomic E-state index is 11.7. The lowest BCUT2D eigenvalue weighted by Gasteiger charge is -2.13. The molecular weight excluding hydrogens is 266 g/mol. The van der Waals surface area contributed by atoms with Crippen LogP contribution in [-0.2, 0) is 11.2 Å². The third kappa shape index (κ3) is 5.57. The van der Waals surface area contributed by atoms with Crippen molar-refractivity contribution in [1.82, 2.24) is 15.3 Å². The van der Waals surface area contributed by atoms with Gasteiger partial charge in [0.1, 0.15) is 17.5 Å². The quantitative estimate of drug-likeness (QED) is 0.682. The number of nitrogens with two attached hydrogens (primary N) is 1. The Hall–Kier alpha value is -1.85. The molecule has 1 aromatic heterocycles. The topological polar surface area (TPSA) is 92.9 Å². The SMILES string of the molecule is CCCc1nc(N)c(C)c(NCCC(=O)NC(C)CC)n1. The third-order valence-corrected chi connectivity index (χ3v) is 3.37. The lowest BCUT2D eigenvalue weighted by Crippen LogP contribution is -2.33. The largest absolute Gasteiger partial charge is 0.383 e. The van der Waals surface area contributed by atoms with E-state index in [2.05, 4.69) is 27.5 Å². The van der Waals surface area contributed by atoms with Crippen LogP contribution >= 0.6 is 0 Å². The van der Waals surface area contributed by atoms with Gasteiger partial charge in [-0.2, -0.15) is 0 Å². The molecule has 1 unspecified atom stereocenters. The molecule has 118 valence electrons. The van der Waals surface area contributed by atoms with Crippen LogP contribution in [0.1, 0.15) is 51.4 Å². The highest BCUT2D eigenvalue weighted by molar-refractivity contribution is 5.76. The average Bonchev–Trinajstić information content (AvgIpc) is 2.44. The van der Waals surface area contributed by atoms with Gasteiger partial charge < -0.3 is 16.4 Å². The maximum absolute atomic E-state index is 11.7. The molecule has 1 atom stereocenters. The summed E-state index contributed by atoms with van der Waals surface area (Å²) in [6.07, 6.45) is 3.12. The van der Waals surface area contributed by atoms with Crippen molar-refractivity contribution in [3.63, 3.8) is 0 Å². The van der Waals surface area contributed by atoms with E-state index in [-0.39, 0.29) is 11.9 Å². The molecule has 0 radical (unpaired) electrons. The zero-order valence-electron chi connectivity index (χ0n) is 13.5. The van der Waals surface area contributed by atoms with Crippen LogP contribution < -0.4 is 16.4 Å². The normalized spacial score (nSPS) is 12.0. The van der Waals surface area contributed by atoms with Crippen LogP contribution in [0.3, 0.4) is 0 Å². The second-order valence-electron chi connectivity index (χ2n) is 5.30. The predicted octanol–water partition coefficient (Wildman–Crippen LogP) is 2.04. The molecule has 0 aliphatic rings. The summed E-state index contributed by atoms with van der Waals surface area (Å²) in [6, 6.07) is 0.213. The summed E-state index contributed by atoms with van der Waals surface area (Å²) in [4.78, 5) is 20.4. The second kappa shape index (κ2) is 8.44. The molecule has 0 aliphatic carbocycles. The van der Waals surface area contributed by atoms with Crippen LogP contribution in [0.2, 0.25) is 0 Å². The van der Waals surface area contributed by atoms with Crippen molar-refractivity contribution in [3.8, 4) is 0 Å². The zero-order chi connectivity index (χ0) is 15.8. The fraction of sp³-hybridized carbons (Fsp3) is 0.667. The highest BCUT2D eigenvalue weighted by Gasteiger charge is 2.09. The predicted molar refractivity (Wildman–Crippen MR) is 86.2 cm³/mol. The first-order chi connectivity index (χ1) is 9.97. The first-order valence-electron chi connectivity index (χ1n) is 7.64. The second-order valence-corrected chi connectivity index (χ2v) is 5.30. The molecule has 0 aromatic carbocycles. The van der Waals surface area contributed by atoms with E-state index in [9.17, 15) is 4.79 Å². The van der Waals surface area contributed by atoms with Crippen molar-refractivity contribution in [2.24, 2.45) is 0 Å². The zero-order valence-corrected chi connectivity index (χ0v) is 13.5. The summed E-state index contributed by atoms with van der Waals surface area (Å²) < 4.78 is 0. The van der Waals surface area contributed by atoms with E-state index in [1.54, 1.807) is 0 Å². The average molecular weight is 293 g/mol. The number of carbonyl (C=O) groups is 1. The molecule has 6 heteroatoms. The number of nitrogens with one attached hydrogen (secondary N) is 2. The van der Waals surface area contributed by atoms with Gasteiger partial charge in [0.15, 0.2) is 0 Å². The Morgan fingerprint density at radius 2 is 2.05 bits per heavy atom. The maximum Gasteiger partial charge on any atom is 0.221 e. The van der Waals surface area contributed by atoms with Gasteiger partial charge in [-0.05, 0) is 26.7 Å². The Labute approximate surface area is 126 Å². The summed E-state index contributed by atoms with van der Waals surface area (Å²) in [7, 11) is 0. The molecule has 21 heavy (non-hydrogen) atoms. The number of rotatable bonds is 8. The van der Waals surface area contributed by atoms with E-state index in [0.29, 0.717) is 18.8 Å². The van der Waals surface area contributed by atoms with Gasteiger partial charge in [-0.1, -0.05) is 13.8 Å². The highest BCUT2D eigenvalue weighted by Crippen LogP contribution is 2.17. The summed E-state index contributed by atoms with van der Waals surface area (Å²) in [5, 5.41) is 6.12. The number of aryl methyl sites for hydroxylation is 1. The number of amides is 1. The van der Waals surface area contributed by atoms with Crippen LogP contribution in [0, 0.1) is 6.92 Å². The van der Waals surface area contributed by atoms with E-state index < -0.39 is 0 Å². The molecule has 6 nitrogen and oxygen atoms in total. The van der Waals surface area contributed by atoms with Crippen LogP contribution in [0.5, 0.6) is 0 Å². The van der Waals surface area contributed by atoms with Crippen LogP contribution in [-0.4, -0.2) is 28.5 Å². The van der Waals surface area contributed by atoms with Gasteiger partial charge in [0.2, 0.25) is 5.91 Å². The van der Waals surface area contributed by atoms with Gasteiger partial charge in [0, 0.05) is 31.0 Å². The number of hydrogen-bond acceptors (Lipinski definition) is 5. The number of aromatic nitrogens is 2. The lowest BCUT2D eigenvalue weighted by atomic mass is 10.2. The summed E-state index contributed by atoms with van der Waals surface area (Å²) in [6.45, 7) is 8.53. The Bertz CT molecular complexity index is 475. The van der Waals surface area contributed by atoms with E-state index in [1.165, 1.54) is 0 Å². The smallest absolute Gasteiger partial charge is 0.221 e. The van der Waals surface area contributed by atoms with E-state index in [0.717, 1.165) is 36.5 Å². The highest BCUT2D eigenvalue weighted by atomic mass is 16.1. The van der Waals surface area contributed by atoms with Crippen molar-refractivity contribution in [1.29, 1.82) is 0 Å². The third-order valence-electron chi connectivity index (χ3n) is 3.37. The molecular formula is C15H27N5O. The van der Waals surface area contributed by atoms with Gasteiger partial charge in [0.25, 0.3) is 0 Å². The fourth-order valence-electron chi connectivity index (χ4n) is 1.83. The van der Waals surface area contributed by atoms with Crippen molar-refractivity contribution in [3.05, 3.63) is 11.4 Å². The number of anilines is 2. The Kier molecular flexibility index (Phi) is 6.91. The molecule has 0 bridgehead atoms. The number of nitrogens with zero attached hydrogens (tertiary/aromatic N) is 2. The van der Waals surface area contributed by atoms with Crippen molar-refractivity contribution >= 4 is 17.5 Å². The Morgan fingerprint density at radius 1 is 1.33 bits per heavy atom. The number of nitrogen functional groups attached to an aromatic ring is 1. The minimum Gasteiger partial charge on any atom is -0.383 e. The van der Waals surface area contributed by atoms with Crippen LogP contribution in [0.15, 0.2) is 0 Å². The molecule has 0 spiro atoms. The Morgan fingerprint density at radius 3 is 2.67 bits per heavy atom. The van der Waals surface area contributed by atoms with Gasteiger partial charge in [0.05, 0.1) is 0 Å². The summed E-state index contributed by atoms with van der Waals surface area (Å²) >= 11 is 0. The first-order valence-corrected chi connectivity index (χ1v) is 7.64. The van der Waals surface area contributed by atoms with Gasteiger partial charge in [-0.25, -0.2) is 9.97 Å². The van der Waals surface area contributed by atoms with Crippen molar-refractivity contribution in [2.75, 3.05) is 17.6 Å². The van der Waals surface area contributed by atoms with Gasteiger partial charge in [-0.3, -0.25) is 4.79 Å². The molecule has 1 heterocycles. The van der Waals surface area contributed by atoms with Gasteiger partial charge in [-0.15, -0.1) is 0 Å². The van der Waals surface area contributed by atoms with E-state index in [1.807, 2.05) is 20.8 Å². The fourth-order valence-corrected chi connectivity index (χ4v) is 1.83. The van der Waals surface area contributed by atoms with Crippen molar-refractivity contribution < 1.29 is 4.79 Å². The lowest BCUT2D eigenvalue weighted by molar-refractivity contribution is -0.121. The summed E-state index contributed by atoms with van der Waals surface area (Å²) in [5.41, 5.74) is 6.73. The minimum atomic E-state index is 0.0466. The van der Waals surface area contributed by atoms with E-state index in [4.69, 9.17) is 5.73 Å².